The fraction of sp³-hybridized carbons (Fsp3) is 0.583. The zero-order valence-electron chi connectivity index (χ0n) is 9.36. The molecule has 0 radical (unpaired) electrons. The van der Waals surface area contributed by atoms with Crippen LogP contribution in [0.2, 0.25) is 0 Å². The molecule has 1 heterocycles. The highest BCUT2D eigenvalue weighted by Crippen LogP contribution is 2.34. The number of thiophene rings is 1. The van der Waals surface area contributed by atoms with Gasteiger partial charge in [-0.15, -0.1) is 11.3 Å². The van der Waals surface area contributed by atoms with Crippen molar-refractivity contribution in [3.63, 3.8) is 0 Å². The monoisotopic (exact) mass is 240 g/mol. The van der Waals surface area contributed by atoms with Crippen molar-refractivity contribution in [1.82, 2.24) is 0 Å². The van der Waals surface area contributed by atoms with E-state index in [1.807, 2.05) is 6.07 Å². The maximum absolute atomic E-state index is 11.0. The van der Waals surface area contributed by atoms with Crippen molar-refractivity contribution in [2.75, 3.05) is 6.61 Å². The molecule has 3 nitrogen and oxygen atoms in total. The summed E-state index contributed by atoms with van der Waals surface area (Å²) in [6.45, 7) is 2.76. The third-order valence-electron chi connectivity index (χ3n) is 2.61. The topological polar surface area (TPSA) is 46.5 Å². The van der Waals surface area contributed by atoms with Crippen LogP contribution in [-0.4, -0.2) is 17.7 Å². The van der Waals surface area contributed by atoms with Crippen LogP contribution in [0.4, 0.5) is 0 Å². The molecule has 4 heteroatoms. The predicted molar refractivity (Wildman–Crippen MR) is 63.5 cm³/mol. The van der Waals surface area contributed by atoms with Gasteiger partial charge in [-0.25, -0.2) is 4.79 Å². The zero-order valence-corrected chi connectivity index (χ0v) is 10.2. The lowest BCUT2D eigenvalue weighted by molar-refractivity contribution is 0.0698. The molecule has 1 aromatic heterocycles. The average Bonchev–Trinajstić information content (AvgIpc) is 2.97. The van der Waals surface area contributed by atoms with Gasteiger partial charge in [0.25, 0.3) is 0 Å². The molecule has 88 valence electrons. The second-order valence-corrected chi connectivity index (χ2v) is 5.35. The Labute approximate surface area is 99.1 Å². The lowest BCUT2D eigenvalue weighted by Gasteiger charge is -2.02. The zero-order chi connectivity index (χ0) is 11.5. The average molecular weight is 240 g/mol. The second kappa shape index (κ2) is 4.87. The molecule has 0 amide bonds. The standard InChI is InChI=1S/C12H16O3S/c1-2-3-9-6-10(11(16-9)12(13)14)15-7-8-4-5-8/h6,8H,2-5,7H2,1H3,(H,13,14). The van der Waals surface area contributed by atoms with E-state index in [9.17, 15) is 4.79 Å². The minimum Gasteiger partial charge on any atom is -0.491 e. The van der Waals surface area contributed by atoms with Crippen LogP contribution >= 0.6 is 11.3 Å². The van der Waals surface area contributed by atoms with Gasteiger partial charge in [-0.3, -0.25) is 0 Å². The van der Waals surface area contributed by atoms with Gasteiger partial charge < -0.3 is 9.84 Å². The first kappa shape index (κ1) is 11.5. The van der Waals surface area contributed by atoms with Gasteiger partial charge >= 0.3 is 5.97 Å². The summed E-state index contributed by atoms with van der Waals surface area (Å²) >= 11 is 1.34. The molecule has 0 saturated heterocycles. The number of hydrogen-bond donors (Lipinski definition) is 1. The molecule has 1 aliphatic rings. The Morgan fingerprint density at radius 2 is 2.38 bits per heavy atom. The summed E-state index contributed by atoms with van der Waals surface area (Å²) in [6.07, 6.45) is 4.39. The SMILES string of the molecule is CCCc1cc(OCC2CC2)c(C(=O)O)s1. The van der Waals surface area contributed by atoms with Gasteiger partial charge in [0.1, 0.15) is 5.75 Å². The summed E-state index contributed by atoms with van der Waals surface area (Å²) < 4.78 is 5.58. The van der Waals surface area contributed by atoms with Crippen LogP contribution in [0.25, 0.3) is 0 Å². The molecule has 1 N–H and O–H groups in total. The highest BCUT2D eigenvalue weighted by Gasteiger charge is 2.24. The van der Waals surface area contributed by atoms with Crippen molar-refractivity contribution in [1.29, 1.82) is 0 Å². The molecular formula is C12H16O3S. The van der Waals surface area contributed by atoms with Crippen LogP contribution in [0.5, 0.6) is 5.75 Å². The number of carboxylic acids is 1. The Hall–Kier alpha value is -1.03. The van der Waals surface area contributed by atoms with Gasteiger partial charge in [0.15, 0.2) is 4.88 Å². The van der Waals surface area contributed by atoms with Crippen molar-refractivity contribution < 1.29 is 14.6 Å². The van der Waals surface area contributed by atoms with Gasteiger partial charge in [-0.05, 0) is 31.2 Å². The van der Waals surface area contributed by atoms with Crippen molar-refractivity contribution in [2.45, 2.75) is 32.6 Å². The van der Waals surface area contributed by atoms with E-state index < -0.39 is 5.97 Å². The van der Waals surface area contributed by atoms with Crippen molar-refractivity contribution in [3.05, 3.63) is 15.8 Å². The molecule has 1 fully saturated rings. The minimum atomic E-state index is -0.877. The Bertz CT molecular complexity index is 380. The van der Waals surface area contributed by atoms with Crippen molar-refractivity contribution in [2.24, 2.45) is 5.92 Å². The fourth-order valence-electron chi connectivity index (χ4n) is 1.54. The summed E-state index contributed by atoms with van der Waals surface area (Å²) in [5.41, 5.74) is 0. The molecule has 0 unspecified atom stereocenters. The number of hydrogen-bond acceptors (Lipinski definition) is 3. The number of carboxylic acid groups (broad SMARTS) is 1. The van der Waals surface area contributed by atoms with Crippen LogP contribution in [0.3, 0.4) is 0 Å². The molecule has 0 bridgehead atoms. The molecule has 1 aliphatic carbocycles. The molecular weight excluding hydrogens is 224 g/mol. The van der Waals surface area contributed by atoms with E-state index in [0.29, 0.717) is 23.2 Å². The quantitative estimate of drug-likeness (QED) is 0.830. The van der Waals surface area contributed by atoms with Gasteiger partial charge in [-0.1, -0.05) is 13.3 Å². The first-order valence-electron chi connectivity index (χ1n) is 5.69. The molecule has 0 aliphatic heterocycles. The van der Waals surface area contributed by atoms with Crippen LogP contribution in [-0.2, 0) is 6.42 Å². The summed E-state index contributed by atoms with van der Waals surface area (Å²) in [6, 6.07) is 1.89. The Balaban J connectivity index is 2.08. The normalized spacial score (nSPS) is 15.1. The highest BCUT2D eigenvalue weighted by atomic mass is 32.1. The van der Waals surface area contributed by atoms with Crippen molar-refractivity contribution in [3.8, 4) is 5.75 Å². The number of rotatable bonds is 6. The van der Waals surface area contributed by atoms with Gasteiger partial charge in [0.05, 0.1) is 6.61 Å². The highest BCUT2D eigenvalue weighted by molar-refractivity contribution is 7.14. The maximum atomic E-state index is 11.0. The summed E-state index contributed by atoms with van der Waals surface area (Å²) in [5.74, 6) is 0.335. The van der Waals surface area contributed by atoms with Gasteiger partial charge in [0, 0.05) is 4.88 Å². The van der Waals surface area contributed by atoms with Crippen molar-refractivity contribution >= 4 is 17.3 Å². The Morgan fingerprint density at radius 3 is 2.94 bits per heavy atom. The fourth-order valence-corrected chi connectivity index (χ4v) is 2.58. The molecule has 1 saturated carbocycles. The second-order valence-electron chi connectivity index (χ2n) is 4.22. The van der Waals surface area contributed by atoms with Crippen LogP contribution in [0, 0.1) is 5.92 Å². The van der Waals surface area contributed by atoms with Gasteiger partial charge in [-0.2, -0.15) is 0 Å². The van der Waals surface area contributed by atoms with Crippen LogP contribution in [0.1, 0.15) is 40.7 Å². The predicted octanol–water partition coefficient (Wildman–Crippen LogP) is 3.19. The molecule has 0 aromatic carbocycles. The smallest absolute Gasteiger partial charge is 0.349 e. The molecule has 1 aromatic rings. The summed E-state index contributed by atoms with van der Waals surface area (Å²) in [7, 11) is 0. The van der Waals surface area contributed by atoms with Crippen LogP contribution in [0.15, 0.2) is 6.07 Å². The third-order valence-corrected chi connectivity index (χ3v) is 3.78. The summed E-state index contributed by atoms with van der Waals surface area (Å²) in [5, 5.41) is 9.06. The van der Waals surface area contributed by atoms with E-state index >= 15 is 0 Å². The van der Waals surface area contributed by atoms with Crippen LogP contribution < -0.4 is 4.74 Å². The van der Waals surface area contributed by atoms with E-state index in [1.165, 1.54) is 24.2 Å². The number of aryl methyl sites for hydroxylation is 1. The van der Waals surface area contributed by atoms with E-state index in [2.05, 4.69) is 6.92 Å². The number of carbonyl (C=O) groups is 1. The first-order chi connectivity index (χ1) is 7.70. The lowest BCUT2D eigenvalue weighted by Crippen LogP contribution is -2.02. The van der Waals surface area contributed by atoms with E-state index in [0.717, 1.165) is 17.7 Å². The largest absolute Gasteiger partial charge is 0.491 e. The Kier molecular flexibility index (Phi) is 3.49. The number of ether oxygens (including phenoxy) is 1. The molecule has 2 rings (SSSR count). The summed E-state index contributed by atoms with van der Waals surface area (Å²) in [4.78, 5) is 12.5. The van der Waals surface area contributed by atoms with E-state index in [4.69, 9.17) is 9.84 Å². The lowest BCUT2D eigenvalue weighted by atomic mass is 10.3. The first-order valence-corrected chi connectivity index (χ1v) is 6.51. The van der Waals surface area contributed by atoms with E-state index in [-0.39, 0.29) is 0 Å². The van der Waals surface area contributed by atoms with E-state index in [1.54, 1.807) is 0 Å². The molecule has 0 spiro atoms. The minimum absolute atomic E-state index is 0.351. The third kappa shape index (κ3) is 2.76. The maximum Gasteiger partial charge on any atom is 0.349 e. The Morgan fingerprint density at radius 1 is 1.62 bits per heavy atom. The molecule has 16 heavy (non-hydrogen) atoms. The molecule has 0 atom stereocenters. The number of aromatic carboxylic acids is 1. The van der Waals surface area contributed by atoms with Gasteiger partial charge in [0.2, 0.25) is 0 Å².